The number of hydrogen-bond acceptors (Lipinski definition) is 6. The Labute approximate surface area is 157 Å². The molecule has 0 N–H and O–H groups in total. The average molecular weight is 364 g/mol. The first-order chi connectivity index (χ1) is 13.2. The van der Waals surface area contributed by atoms with Crippen molar-refractivity contribution in [1.82, 2.24) is 20.0 Å². The maximum Gasteiger partial charge on any atom is 0.276 e. The van der Waals surface area contributed by atoms with Gasteiger partial charge in [-0.1, -0.05) is 23.4 Å². The van der Waals surface area contributed by atoms with Crippen molar-refractivity contribution < 1.29 is 14.1 Å². The molecule has 0 spiro atoms. The van der Waals surface area contributed by atoms with Crippen LogP contribution in [-0.2, 0) is 0 Å². The largest absolute Gasteiger partial charge is 0.437 e. The second kappa shape index (κ2) is 7.57. The quantitative estimate of drug-likeness (QED) is 0.704. The third kappa shape index (κ3) is 3.97. The fourth-order valence-corrected chi connectivity index (χ4v) is 3.25. The number of hydrogen-bond donors (Lipinski definition) is 0. The standard InChI is InChI=1S/C20H20N4O3/c1-14-10-17(23-27-14)20(25)24-9-5-6-15(13-24)18-11-21-12-19(22-18)26-16-7-3-2-4-8-16/h2-4,7-8,10-12,15H,5-6,9,13H2,1H3/t15-/m1/s1. The second-order valence-corrected chi connectivity index (χ2v) is 6.61. The first-order valence-corrected chi connectivity index (χ1v) is 8.96. The van der Waals surface area contributed by atoms with Crippen LogP contribution in [0.5, 0.6) is 11.6 Å². The summed E-state index contributed by atoms with van der Waals surface area (Å²) in [6.45, 7) is 3.06. The van der Waals surface area contributed by atoms with Gasteiger partial charge in [-0.25, -0.2) is 4.98 Å². The first-order valence-electron chi connectivity index (χ1n) is 8.96. The SMILES string of the molecule is Cc1cc(C(=O)N2CCC[C@@H](c3cncc(Oc4ccccc4)n3)C2)no1. The smallest absolute Gasteiger partial charge is 0.276 e. The van der Waals surface area contributed by atoms with Crippen LogP contribution < -0.4 is 4.74 Å². The molecule has 1 fully saturated rings. The van der Waals surface area contributed by atoms with Gasteiger partial charge in [0.2, 0.25) is 5.88 Å². The zero-order valence-electron chi connectivity index (χ0n) is 15.0. The average Bonchev–Trinajstić information content (AvgIpc) is 3.15. The highest BCUT2D eigenvalue weighted by atomic mass is 16.5. The summed E-state index contributed by atoms with van der Waals surface area (Å²) >= 11 is 0. The van der Waals surface area contributed by atoms with Crippen LogP contribution in [0.15, 0.2) is 53.3 Å². The molecule has 0 aliphatic carbocycles. The number of piperidine rings is 1. The van der Waals surface area contributed by atoms with Crippen LogP contribution in [-0.4, -0.2) is 39.0 Å². The van der Waals surface area contributed by atoms with Gasteiger partial charge in [-0.05, 0) is 31.9 Å². The number of likely N-dealkylation sites (tertiary alicyclic amines) is 1. The Morgan fingerprint density at radius 1 is 1.26 bits per heavy atom. The van der Waals surface area contributed by atoms with E-state index in [0.717, 1.165) is 18.5 Å². The summed E-state index contributed by atoms with van der Waals surface area (Å²) in [4.78, 5) is 23.3. The van der Waals surface area contributed by atoms with Gasteiger partial charge >= 0.3 is 0 Å². The molecule has 0 unspecified atom stereocenters. The minimum absolute atomic E-state index is 0.110. The van der Waals surface area contributed by atoms with Crippen molar-refractivity contribution in [3.63, 3.8) is 0 Å². The molecule has 138 valence electrons. The van der Waals surface area contributed by atoms with Gasteiger partial charge in [-0.2, -0.15) is 0 Å². The topological polar surface area (TPSA) is 81.4 Å². The molecule has 1 saturated heterocycles. The van der Waals surface area contributed by atoms with Crippen LogP contribution in [0.1, 0.15) is 40.7 Å². The zero-order valence-corrected chi connectivity index (χ0v) is 15.0. The molecule has 0 radical (unpaired) electrons. The molecule has 27 heavy (non-hydrogen) atoms. The lowest BCUT2D eigenvalue weighted by atomic mass is 9.95. The number of benzene rings is 1. The number of aromatic nitrogens is 3. The number of carbonyl (C=O) groups is 1. The van der Waals surface area contributed by atoms with E-state index in [0.29, 0.717) is 36.2 Å². The number of nitrogens with zero attached hydrogens (tertiary/aromatic N) is 4. The molecule has 7 heteroatoms. The van der Waals surface area contributed by atoms with Crippen LogP contribution in [0.2, 0.25) is 0 Å². The predicted octanol–water partition coefficient (Wildman–Crippen LogP) is 3.59. The van der Waals surface area contributed by atoms with Crippen molar-refractivity contribution in [3.05, 3.63) is 65.9 Å². The van der Waals surface area contributed by atoms with E-state index in [2.05, 4.69) is 15.1 Å². The molecule has 0 bridgehead atoms. The van der Waals surface area contributed by atoms with Gasteiger partial charge in [0.05, 0.1) is 11.9 Å². The van der Waals surface area contributed by atoms with Crippen molar-refractivity contribution in [2.75, 3.05) is 13.1 Å². The number of rotatable bonds is 4. The number of carbonyl (C=O) groups excluding carboxylic acids is 1. The van der Waals surface area contributed by atoms with Gasteiger partial charge < -0.3 is 14.2 Å². The zero-order chi connectivity index (χ0) is 18.6. The van der Waals surface area contributed by atoms with Gasteiger partial charge in [0, 0.05) is 31.3 Å². The minimum atomic E-state index is -0.110. The van der Waals surface area contributed by atoms with E-state index in [9.17, 15) is 4.79 Å². The molecule has 1 aliphatic heterocycles. The highest BCUT2D eigenvalue weighted by Gasteiger charge is 2.28. The van der Waals surface area contributed by atoms with Crippen LogP contribution >= 0.6 is 0 Å². The summed E-state index contributed by atoms with van der Waals surface area (Å²) in [5, 5.41) is 3.84. The van der Waals surface area contributed by atoms with Crippen molar-refractivity contribution >= 4 is 5.91 Å². The van der Waals surface area contributed by atoms with Gasteiger partial charge in [-0.3, -0.25) is 9.78 Å². The van der Waals surface area contributed by atoms with Crippen LogP contribution in [0.4, 0.5) is 0 Å². The molecule has 1 amide bonds. The van der Waals surface area contributed by atoms with Crippen molar-refractivity contribution in [1.29, 1.82) is 0 Å². The van der Waals surface area contributed by atoms with Gasteiger partial charge in [0.15, 0.2) is 5.69 Å². The Morgan fingerprint density at radius 3 is 2.89 bits per heavy atom. The fourth-order valence-electron chi connectivity index (χ4n) is 3.25. The third-order valence-corrected chi connectivity index (χ3v) is 4.57. The molecule has 2 aromatic heterocycles. The summed E-state index contributed by atoms with van der Waals surface area (Å²) in [7, 11) is 0. The Balaban J connectivity index is 1.48. The molecular formula is C20H20N4O3. The summed E-state index contributed by atoms with van der Waals surface area (Å²) in [6, 6.07) is 11.1. The molecular weight excluding hydrogens is 344 g/mol. The lowest BCUT2D eigenvalue weighted by molar-refractivity contribution is 0.0695. The van der Waals surface area contributed by atoms with E-state index in [1.54, 1.807) is 30.3 Å². The lowest BCUT2D eigenvalue weighted by Crippen LogP contribution is -2.39. The molecule has 0 saturated carbocycles. The van der Waals surface area contributed by atoms with Gasteiger partial charge in [0.1, 0.15) is 11.5 Å². The first kappa shape index (κ1) is 17.2. The minimum Gasteiger partial charge on any atom is -0.437 e. The lowest BCUT2D eigenvalue weighted by Gasteiger charge is -2.31. The number of ether oxygens (including phenoxy) is 1. The Morgan fingerprint density at radius 2 is 2.11 bits per heavy atom. The molecule has 4 rings (SSSR count). The molecule has 1 atom stereocenters. The highest BCUT2D eigenvalue weighted by molar-refractivity contribution is 5.92. The van der Waals surface area contributed by atoms with Crippen molar-refractivity contribution in [3.8, 4) is 11.6 Å². The molecule has 1 aliphatic rings. The number of para-hydroxylation sites is 1. The molecule has 3 aromatic rings. The maximum atomic E-state index is 12.6. The van der Waals surface area contributed by atoms with Crippen LogP contribution in [0, 0.1) is 6.92 Å². The van der Waals surface area contributed by atoms with Crippen LogP contribution in [0.3, 0.4) is 0 Å². The third-order valence-electron chi connectivity index (χ3n) is 4.57. The molecule has 3 heterocycles. The second-order valence-electron chi connectivity index (χ2n) is 6.61. The summed E-state index contributed by atoms with van der Waals surface area (Å²) in [6.07, 6.45) is 5.20. The van der Waals surface area contributed by atoms with Gasteiger partial charge in [-0.15, -0.1) is 0 Å². The predicted molar refractivity (Wildman–Crippen MR) is 97.7 cm³/mol. The van der Waals surface area contributed by atoms with E-state index >= 15 is 0 Å². The monoisotopic (exact) mass is 364 g/mol. The Bertz CT molecular complexity index is 926. The fraction of sp³-hybridized carbons (Fsp3) is 0.300. The van der Waals surface area contributed by atoms with E-state index in [1.165, 1.54) is 0 Å². The van der Waals surface area contributed by atoms with E-state index in [1.807, 2.05) is 30.3 Å². The summed E-state index contributed by atoms with van der Waals surface area (Å²) in [5.74, 6) is 1.80. The Hall–Kier alpha value is -3.22. The van der Waals surface area contributed by atoms with Crippen LogP contribution in [0.25, 0.3) is 0 Å². The number of aryl methyl sites for hydroxylation is 1. The van der Waals surface area contributed by atoms with Crippen molar-refractivity contribution in [2.24, 2.45) is 0 Å². The Kier molecular flexibility index (Phi) is 4.82. The van der Waals surface area contributed by atoms with Crippen molar-refractivity contribution in [2.45, 2.75) is 25.7 Å². The summed E-state index contributed by atoms with van der Waals surface area (Å²) < 4.78 is 10.8. The highest BCUT2D eigenvalue weighted by Crippen LogP contribution is 2.28. The number of amides is 1. The van der Waals surface area contributed by atoms with Gasteiger partial charge in [0.25, 0.3) is 5.91 Å². The maximum absolute atomic E-state index is 12.6. The molecule has 7 nitrogen and oxygen atoms in total. The van der Waals surface area contributed by atoms with E-state index in [4.69, 9.17) is 9.26 Å². The molecule has 1 aromatic carbocycles. The summed E-state index contributed by atoms with van der Waals surface area (Å²) in [5.41, 5.74) is 1.18. The van der Waals surface area contributed by atoms with E-state index in [-0.39, 0.29) is 11.8 Å². The van der Waals surface area contributed by atoms with E-state index < -0.39 is 0 Å². The normalized spacial score (nSPS) is 16.9.